The van der Waals surface area contributed by atoms with E-state index in [1.54, 1.807) is 0 Å². The first kappa shape index (κ1) is 7.03. The molecule has 2 unspecified atom stereocenters. The maximum absolute atomic E-state index is 5.12. The van der Waals surface area contributed by atoms with Crippen molar-refractivity contribution < 1.29 is 9.05 Å². The third-order valence-electron chi connectivity index (χ3n) is 0.786. The second-order valence-corrected chi connectivity index (χ2v) is 6.92. The average molecular weight is 170 g/mol. The summed E-state index contributed by atoms with van der Waals surface area (Å²) in [5, 5.41) is 0. The van der Waals surface area contributed by atoms with Crippen molar-refractivity contribution in [3.8, 4) is 0 Å². The predicted molar refractivity (Wildman–Crippen MR) is 39.8 cm³/mol. The molecule has 0 radical (unpaired) electrons. The van der Waals surface area contributed by atoms with Crippen LogP contribution in [0.4, 0.5) is 0 Å². The van der Waals surface area contributed by atoms with Crippen molar-refractivity contribution in [1.82, 2.24) is 0 Å². The molecule has 8 heavy (non-hydrogen) atoms. The zero-order valence-corrected chi connectivity index (χ0v) is 7.01. The minimum Gasteiger partial charge on any atom is -0.319 e. The Kier molecular flexibility index (Phi) is 2.00. The first-order chi connectivity index (χ1) is 3.60. The van der Waals surface area contributed by atoms with Crippen LogP contribution < -0.4 is 0 Å². The van der Waals surface area contributed by atoms with Crippen LogP contribution in [0.2, 0.25) is 0 Å². The van der Waals surface area contributed by atoms with Gasteiger partial charge in [0.15, 0.2) is 0 Å². The van der Waals surface area contributed by atoms with Gasteiger partial charge in [0.25, 0.3) is 0 Å². The summed E-state index contributed by atoms with van der Waals surface area (Å²) in [5.74, 6) is 0. The highest BCUT2D eigenvalue weighted by molar-refractivity contribution is 8.60. The second-order valence-electron chi connectivity index (χ2n) is 1.68. The van der Waals surface area contributed by atoms with Gasteiger partial charge in [0.2, 0.25) is 5.69 Å². The number of thiol groups is 1. The lowest BCUT2D eigenvalue weighted by Crippen LogP contribution is -1.99. The molecule has 1 fully saturated rings. The van der Waals surface area contributed by atoms with Gasteiger partial charge in [0.05, 0.1) is 12.7 Å². The van der Waals surface area contributed by atoms with Crippen LogP contribution in [-0.2, 0) is 20.9 Å². The fourth-order valence-corrected chi connectivity index (χ4v) is 2.77. The summed E-state index contributed by atoms with van der Waals surface area (Å²) in [4.78, 5) is 0. The Bertz CT molecular complexity index is 137. The molecule has 2 atom stereocenters. The smallest absolute Gasteiger partial charge is 0.244 e. The van der Waals surface area contributed by atoms with Gasteiger partial charge in [-0.3, -0.25) is 0 Å². The summed E-state index contributed by atoms with van der Waals surface area (Å²) in [6, 6.07) is 0. The molecular formula is C3H7O2PS2. The van der Waals surface area contributed by atoms with Crippen LogP contribution in [0.5, 0.6) is 0 Å². The van der Waals surface area contributed by atoms with Crippen molar-refractivity contribution in [3.63, 3.8) is 0 Å². The third kappa shape index (κ3) is 1.71. The van der Waals surface area contributed by atoms with E-state index < -0.39 is 5.69 Å². The molecule has 0 aromatic heterocycles. The van der Waals surface area contributed by atoms with Gasteiger partial charge in [0, 0.05) is 0 Å². The van der Waals surface area contributed by atoms with E-state index in [1.807, 2.05) is 6.92 Å². The Hall–Kier alpha value is 0.920. The molecule has 0 amide bonds. The Morgan fingerprint density at radius 2 is 2.50 bits per heavy atom. The van der Waals surface area contributed by atoms with Gasteiger partial charge in [-0.2, -0.15) is 0 Å². The van der Waals surface area contributed by atoms with Crippen molar-refractivity contribution in [1.29, 1.82) is 0 Å². The molecule has 0 N–H and O–H groups in total. The van der Waals surface area contributed by atoms with Crippen LogP contribution in [-0.4, -0.2) is 12.7 Å². The molecule has 0 saturated carbocycles. The SMILES string of the molecule is CC1COP(=S)(S)O1. The van der Waals surface area contributed by atoms with Gasteiger partial charge in [-0.25, -0.2) is 0 Å². The first-order valence-corrected chi connectivity index (χ1v) is 6.05. The van der Waals surface area contributed by atoms with Crippen molar-refractivity contribution in [2.75, 3.05) is 6.61 Å². The predicted octanol–water partition coefficient (Wildman–Crippen LogP) is 1.58. The topological polar surface area (TPSA) is 18.5 Å². The zero-order chi connectivity index (χ0) is 6.20. The molecule has 1 heterocycles. The summed E-state index contributed by atoms with van der Waals surface area (Å²) >= 11 is 8.81. The molecule has 5 heteroatoms. The van der Waals surface area contributed by atoms with Gasteiger partial charge in [0.1, 0.15) is 0 Å². The van der Waals surface area contributed by atoms with E-state index in [1.165, 1.54) is 0 Å². The summed E-state index contributed by atoms with van der Waals surface area (Å²) < 4.78 is 10.1. The normalized spacial score (nSPS) is 47.5. The largest absolute Gasteiger partial charge is 0.319 e. The summed E-state index contributed by atoms with van der Waals surface area (Å²) in [6.45, 7) is 2.52. The Morgan fingerprint density at radius 1 is 1.88 bits per heavy atom. The van der Waals surface area contributed by atoms with Crippen molar-refractivity contribution >= 4 is 29.7 Å². The van der Waals surface area contributed by atoms with Crippen LogP contribution in [0.15, 0.2) is 0 Å². The van der Waals surface area contributed by atoms with E-state index in [0.29, 0.717) is 6.61 Å². The third-order valence-corrected chi connectivity index (χ3v) is 3.09. The molecule has 48 valence electrons. The lowest BCUT2D eigenvalue weighted by Gasteiger charge is -2.02. The molecule has 1 rings (SSSR count). The first-order valence-electron chi connectivity index (χ1n) is 2.26. The molecule has 0 bridgehead atoms. The highest BCUT2D eigenvalue weighted by Gasteiger charge is 2.25. The molecular weight excluding hydrogens is 163 g/mol. The van der Waals surface area contributed by atoms with E-state index in [9.17, 15) is 0 Å². The van der Waals surface area contributed by atoms with Crippen LogP contribution in [0.25, 0.3) is 0 Å². The number of hydrogen-bond acceptors (Lipinski definition) is 3. The van der Waals surface area contributed by atoms with Crippen LogP contribution in [0.1, 0.15) is 6.92 Å². The lowest BCUT2D eigenvalue weighted by molar-refractivity contribution is 0.263. The highest BCUT2D eigenvalue weighted by atomic mass is 32.9. The van der Waals surface area contributed by atoms with E-state index in [-0.39, 0.29) is 6.10 Å². The minimum absolute atomic E-state index is 0.137. The Balaban J connectivity index is 2.57. The molecule has 0 aliphatic carbocycles. The Morgan fingerprint density at radius 3 is 2.62 bits per heavy atom. The monoisotopic (exact) mass is 170 g/mol. The van der Waals surface area contributed by atoms with Gasteiger partial charge in [-0.1, -0.05) is 12.2 Å². The van der Waals surface area contributed by atoms with E-state index in [2.05, 4.69) is 12.2 Å². The highest BCUT2D eigenvalue weighted by Crippen LogP contribution is 2.58. The van der Waals surface area contributed by atoms with Crippen molar-refractivity contribution in [2.24, 2.45) is 0 Å². The van der Waals surface area contributed by atoms with Gasteiger partial charge >= 0.3 is 0 Å². The molecule has 2 nitrogen and oxygen atoms in total. The maximum Gasteiger partial charge on any atom is 0.244 e. The molecule has 0 spiro atoms. The fourth-order valence-electron chi connectivity index (χ4n) is 0.487. The van der Waals surface area contributed by atoms with Crippen LogP contribution in [0, 0.1) is 0 Å². The van der Waals surface area contributed by atoms with Gasteiger partial charge in [-0.05, 0) is 18.7 Å². The second kappa shape index (κ2) is 2.27. The maximum atomic E-state index is 5.12. The Labute approximate surface area is 58.9 Å². The minimum atomic E-state index is -2.07. The lowest BCUT2D eigenvalue weighted by atomic mass is 10.5. The average Bonchev–Trinajstić information content (AvgIpc) is 1.82. The van der Waals surface area contributed by atoms with E-state index >= 15 is 0 Å². The summed E-state index contributed by atoms with van der Waals surface area (Å²) in [6.07, 6.45) is 0.137. The number of rotatable bonds is 0. The molecule has 1 aliphatic heterocycles. The van der Waals surface area contributed by atoms with Crippen LogP contribution >= 0.6 is 17.9 Å². The fraction of sp³-hybridized carbons (Fsp3) is 1.00. The molecule has 0 aromatic carbocycles. The zero-order valence-electron chi connectivity index (χ0n) is 4.40. The van der Waals surface area contributed by atoms with Crippen molar-refractivity contribution in [3.05, 3.63) is 0 Å². The standard InChI is InChI=1S/C3H7O2PS2/c1-3-2-4-6(7,8)5-3/h3H,2H2,1H3,(H,7,8). The molecule has 1 saturated heterocycles. The van der Waals surface area contributed by atoms with Crippen LogP contribution in [0.3, 0.4) is 0 Å². The van der Waals surface area contributed by atoms with Gasteiger partial charge < -0.3 is 9.05 Å². The van der Waals surface area contributed by atoms with Gasteiger partial charge in [-0.15, -0.1) is 0 Å². The quantitative estimate of drug-likeness (QED) is 0.440. The number of hydrogen-bond donors (Lipinski definition) is 1. The summed E-state index contributed by atoms with van der Waals surface area (Å²) in [5.41, 5.74) is -2.07. The van der Waals surface area contributed by atoms with E-state index in [0.717, 1.165) is 0 Å². The van der Waals surface area contributed by atoms with Crippen molar-refractivity contribution in [2.45, 2.75) is 13.0 Å². The van der Waals surface area contributed by atoms with E-state index in [4.69, 9.17) is 20.9 Å². The molecule has 0 aromatic rings. The molecule has 1 aliphatic rings. The summed E-state index contributed by atoms with van der Waals surface area (Å²) in [7, 11) is 0.